The van der Waals surface area contributed by atoms with Crippen molar-refractivity contribution in [2.45, 2.75) is 38.5 Å². The minimum Gasteiger partial charge on any atom is -0.496 e. The lowest BCUT2D eigenvalue weighted by Gasteiger charge is -2.18. The average molecular weight is 284 g/mol. The fraction of sp³-hybridized carbons (Fsp3) is 0.625. The molecule has 1 aromatic rings. The summed E-state index contributed by atoms with van der Waals surface area (Å²) in [6.45, 7) is 3.56. The molecular weight excluding hydrogens is 259 g/mol. The zero-order valence-corrected chi connectivity index (χ0v) is 12.4. The summed E-state index contributed by atoms with van der Waals surface area (Å²) >= 11 is 0. The Morgan fingerprint density at radius 2 is 2.00 bits per heavy atom. The Balaban J connectivity index is 2.51. The zero-order chi connectivity index (χ0) is 14.8. The van der Waals surface area contributed by atoms with Crippen LogP contribution in [0, 0.1) is 5.82 Å². The number of hydrogen-bond acceptors (Lipinski definition) is 3. The van der Waals surface area contributed by atoms with Crippen molar-refractivity contribution >= 4 is 0 Å². The number of aliphatic hydroxyl groups excluding tert-OH is 1. The molecule has 1 aromatic carbocycles. The van der Waals surface area contributed by atoms with Gasteiger partial charge >= 0.3 is 0 Å². The van der Waals surface area contributed by atoms with Crippen LogP contribution in [0.1, 0.15) is 44.1 Å². The third-order valence-electron chi connectivity index (χ3n) is 3.34. The molecule has 3 nitrogen and oxygen atoms in total. The van der Waals surface area contributed by atoms with Crippen molar-refractivity contribution in [2.24, 2.45) is 0 Å². The summed E-state index contributed by atoms with van der Waals surface area (Å²) in [6, 6.07) is 4.41. The van der Waals surface area contributed by atoms with E-state index in [1.807, 2.05) is 0 Å². The average Bonchev–Trinajstić information content (AvgIpc) is 2.46. The molecule has 1 atom stereocenters. The molecule has 0 amide bonds. The Morgan fingerprint density at radius 1 is 1.25 bits per heavy atom. The maximum absolute atomic E-state index is 13.3. The summed E-state index contributed by atoms with van der Waals surface area (Å²) in [6.07, 6.45) is 3.79. The summed E-state index contributed by atoms with van der Waals surface area (Å²) in [5.41, 5.74) is 0.726. The fourth-order valence-corrected chi connectivity index (χ4v) is 2.15. The van der Waals surface area contributed by atoms with Crippen molar-refractivity contribution in [1.29, 1.82) is 0 Å². The van der Waals surface area contributed by atoms with Crippen LogP contribution < -0.4 is 4.74 Å². The van der Waals surface area contributed by atoms with Crippen molar-refractivity contribution in [3.63, 3.8) is 0 Å². The van der Waals surface area contributed by atoms with Gasteiger partial charge in [0.2, 0.25) is 0 Å². The van der Waals surface area contributed by atoms with Gasteiger partial charge in [0.1, 0.15) is 11.6 Å². The Bertz CT molecular complexity index is 382. The summed E-state index contributed by atoms with van der Waals surface area (Å²) in [5.74, 6) is 0.200. The fourth-order valence-electron chi connectivity index (χ4n) is 2.15. The van der Waals surface area contributed by atoms with Gasteiger partial charge in [-0.1, -0.05) is 13.3 Å². The maximum Gasteiger partial charge on any atom is 0.123 e. The van der Waals surface area contributed by atoms with Crippen molar-refractivity contribution in [3.8, 4) is 5.75 Å². The number of aliphatic hydroxyl groups is 1. The minimum atomic E-state index is -0.307. The Kier molecular flexibility index (Phi) is 8.23. The van der Waals surface area contributed by atoms with Gasteiger partial charge in [-0.2, -0.15) is 0 Å². The van der Waals surface area contributed by atoms with Gasteiger partial charge in [-0.25, -0.2) is 4.39 Å². The molecule has 114 valence electrons. The van der Waals surface area contributed by atoms with Crippen molar-refractivity contribution in [3.05, 3.63) is 29.6 Å². The summed E-state index contributed by atoms with van der Waals surface area (Å²) in [4.78, 5) is 0. The second-order valence-electron chi connectivity index (χ2n) is 4.87. The van der Waals surface area contributed by atoms with E-state index in [-0.39, 0.29) is 18.3 Å². The molecule has 0 saturated carbocycles. The molecular formula is C16H25FO3. The van der Waals surface area contributed by atoms with E-state index in [0.29, 0.717) is 12.4 Å². The van der Waals surface area contributed by atoms with Crippen LogP contribution in [-0.2, 0) is 4.74 Å². The molecule has 0 bridgehead atoms. The number of methoxy groups -OCH3 is 1. The Labute approximate surface area is 120 Å². The molecule has 0 aromatic heterocycles. The molecule has 0 heterocycles. The Hall–Kier alpha value is -1.13. The first-order valence-electron chi connectivity index (χ1n) is 7.25. The molecule has 20 heavy (non-hydrogen) atoms. The molecule has 0 spiro atoms. The molecule has 0 radical (unpaired) electrons. The number of halogens is 1. The second kappa shape index (κ2) is 9.72. The normalized spacial score (nSPS) is 12.4. The van der Waals surface area contributed by atoms with Crippen molar-refractivity contribution in [1.82, 2.24) is 0 Å². The molecule has 0 saturated heterocycles. The Morgan fingerprint density at radius 3 is 2.65 bits per heavy atom. The smallest absolute Gasteiger partial charge is 0.123 e. The van der Waals surface area contributed by atoms with Gasteiger partial charge in [-0.15, -0.1) is 0 Å². The van der Waals surface area contributed by atoms with Crippen LogP contribution in [0.5, 0.6) is 5.75 Å². The molecule has 0 aliphatic rings. The van der Waals surface area contributed by atoms with E-state index in [2.05, 4.69) is 6.92 Å². The van der Waals surface area contributed by atoms with E-state index in [1.165, 1.54) is 12.1 Å². The highest BCUT2D eigenvalue weighted by molar-refractivity contribution is 5.36. The predicted octanol–water partition coefficient (Wildman–Crippen LogP) is 3.51. The van der Waals surface area contributed by atoms with Gasteiger partial charge in [-0.3, -0.25) is 0 Å². The van der Waals surface area contributed by atoms with E-state index in [4.69, 9.17) is 9.47 Å². The van der Waals surface area contributed by atoms with E-state index >= 15 is 0 Å². The second-order valence-corrected chi connectivity index (χ2v) is 4.87. The number of hydrogen-bond donors (Lipinski definition) is 1. The third kappa shape index (κ3) is 5.47. The van der Waals surface area contributed by atoms with Crippen molar-refractivity contribution < 1.29 is 19.0 Å². The van der Waals surface area contributed by atoms with Crippen molar-refractivity contribution in [2.75, 3.05) is 26.9 Å². The quantitative estimate of drug-likeness (QED) is 0.668. The molecule has 1 rings (SSSR count). The monoisotopic (exact) mass is 284 g/mol. The maximum atomic E-state index is 13.3. The summed E-state index contributed by atoms with van der Waals surface area (Å²) < 4.78 is 24.1. The van der Waals surface area contributed by atoms with Gasteiger partial charge in [-0.05, 0) is 37.5 Å². The first kappa shape index (κ1) is 16.9. The molecule has 1 unspecified atom stereocenters. The molecule has 0 fully saturated rings. The number of benzene rings is 1. The molecule has 1 N–H and O–H groups in total. The molecule has 0 aliphatic heterocycles. The number of ether oxygens (including phenoxy) is 2. The van der Waals surface area contributed by atoms with E-state index < -0.39 is 0 Å². The predicted molar refractivity (Wildman–Crippen MR) is 77.7 cm³/mol. The highest BCUT2D eigenvalue weighted by Crippen LogP contribution is 2.30. The van der Waals surface area contributed by atoms with Crippen LogP contribution >= 0.6 is 0 Å². The number of unbranched alkanes of at least 4 members (excludes halogenated alkanes) is 1. The van der Waals surface area contributed by atoms with E-state index in [0.717, 1.165) is 37.9 Å². The van der Waals surface area contributed by atoms with Crippen LogP contribution in [-0.4, -0.2) is 32.0 Å². The first-order chi connectivity index (χ1) is 9.72. The molecule has 0 aliphatic carbocycles. The standard InChI is InChI=1S/C16H25FO3/c1-3-4-9-20-10-5-6-13(12-18)15-11-14(17)7-8-16(15)19-2/h7-8,11,13,18H,3-6,9-10,12H2,1-2H3. The lowest BCUT2D eigenvalue weighted by atomic mass is 9.94. The summed E-state index contributed by atoms with van der Waals surface area (Å²) in [5, 5.41) is 9.51. The molecule has 4 heteroatoms. The van der Waals surface area contributed by atoms with Crippen LogP contribution in [0.4, 0.5) is 4.39 Å². The lowest BCUT2D eigenvalue weighted by molar-refractivity contribution is 0.123. The topological polar surface area (TPSA) is 38.7 Å². The van der Waals surface area contributed by atoms with Crippen LogP contribution in [0.25, 0.3) is 0 Å². The van der Waals surface area contributed by atoms with Crippen LogP contribution in [0.2, 0.25) is 0 Å². The first-order valence-corrected chi connectivity index (χ1v) is 7.25. The summed E-state index contributed by atoms with van der Waals surface area (Å²) in [7, 11) is 1.55. The minimum absolute atomic E-state index is 0.0191. The van der Waals surface area contributed by atoms with E-state index in [1.54, 1.807) is 13.2 Å². The van der Waals surface area contributed by atoms with Crippen LogP contribution in [0.15, 0.2) is 18.2 Å². The SMILES string of the molecule is CCCCOCCCC(CO)c1cc(F)ccc1OC. The highest BCUT2D eigenvalue weighted by Gasteiger charge is 2.16. The van der Waals surface area contributed by atoms with E-state index in [9.17, 15) is 9.50 Å². The number of rotatable bonds is 10. The van der Waals surface area contributed by atoms with Gasteiger partial charge in [0.05, 0.1) is 13.7 Å². The van der Waals surface area contributed by atoms with Gasteiger partial charge in [0.15, 0.2) is 0 Å². The van der Waals surface area contributed by atoms with Gasteiger partial charge < -0.3 is 14.6 Å². The third-order valence-corrected chi connectivity index (χ3v) is 3.34. The largest absolute Gasteiger partial charge is 0.496 e. The zero-order valence-electron chi connectivity index (χ0n) is 12.4. The van der Waals surface area contributed by atoms with Gasteiger partial charge in [0, 0.05) is 24.7 Å². The highest BCUT2D eigenvalue weighted by atomic mass is 19.1. The lowest BCUT2D eigenvalue weighted by Crippen LogP contribution is -2.08. The van der Waals surface area contributed by atoms with Gasteiger partial charge in [0.25, 0.3) is 0 Å². The van der Waals surface area contributed by atoms with Crippen LogP contribution in [0.3, 0.4) is 0 Å².